The number of H-pyrrole nitrogens is 1. The van der Waals surface area contributed by atoms with Crippen LogP contribution < -0.4 is 10.6 Å². The van der Waals surface area contributed by atoms with Gasteiger partial charge in [-0.25, -0.2) is 19.6 Å². The summed E-state index contributed by atoms with van der Waals surface area (Å²) in [5.74, 6) is 0.557. The summed E-state index contributed by atoms with van der Waals surface area (Å²) in [6.07, 6.45) is 5.40. The number of aromatic amines is 1. The SMILES string of the molecule is CC(C)(C)OC(=O)c1c[nH]c2ccc(-c3nc(NC(=O)Nc4cccc(CN5CCCCC5)n4)cs3)cc12. The van der Waals surface area contributed by atoms with Crippen LogP contribution in [0.3, 0.4) is 0 Å². The maximum atomic E-state index is 12.7. The highest BCUT2D eigenvalue weighted by Gasteiger charge is 2.21. The van der Waals surface area contributed by atoms with Crippen LogP contribution in [0.15, 0.2) is 48.0 Å². The number of fused-ring (bicyclic) bond motifs is 1. The van der Waals surface area contributed by atoms with Crippen molar-refractivity contribution in [2.24, 2.45) is 0 Å². The number of piperidine rings is 1. The predicted molar refractivity (Wildman–Crippen MR) is 151 cm³/mol. The number of esters is 1. The topological polar surface area (TPSA) is 112 Å². The fraction of sp³-hybridized carbons (Fsp3) is 0.357. The Labute approximate surface area is 225 Å². The first-order valence-electron chi connectivity index (χ1n) is 12.8. The number of pyridine rings is 1. The number of hydrogen-bond donors (Lipinski definition) is 3. The van der Waals surface area contributed by atoms with E-state index in [4.69, 9.17) is 4.74 Å². The number of nitrogens with one attached hydrogen (secondary N) is 3. The van der Waals surface area contributed by atoms with Crippen LogP contribution in [0.25, 0.3) is 21.5 Å². The molecule has 0 radical (unpaired) electrons. The Morgan fingerprint density at radius 3 is 2.63 bits per heavy atom. The molecule has 0 atom stereocenters. The molecular formula is C28H32N6O3S. The van der Waals surface area contributed by atoms with Gasteiger partial charge >= 0.3 is 12.0 Å². The molecule has 198 valence electrons. The van der Waals surface area contributed by atoms with Crippen molar-refractivity contribution >= 4 is 45.9 Å². The van der Waals surface area contributed by atoms with E-state index >= 15 is 0 Å². The first-order valence-corrected chi connectivity index (χ1v) is 13.7. The second kappa shape index (κ2) is 10.9. The summed E-state index contributed by atoms with van der Waals surface area (Å²) in [5, 5.41) is 8.86. The van der Waals surface area contributed by atoms with Gasteiger partial charge in [-0.1, -0.05) is 12.5 Å². The minimum absolute atomic E-state index is 0.382. The average Bonchev–Trinajstić information content (AvgIpc) is 3.50. The van der Waals surface area contributed by atoms with Crippen molar-refractivity contribution < 1.29 is 14.3 Å². The Bertz CT molecular complexity index is 1450. The Kier molecular flexibility index (Phi) is 7.44. The number of hydrogen-bond acceptors (Lipinski definition) is 7. The molecule has 4 heterocycles. The molecular weight excluding hydrogens is 500 g/mol. The highest BCUT2D eigenvalue weighted by atomic mass is 32.1. The zero-order chi connectivity index (χ0) is 26.7. The van der Waals surface area contributed by atoms with E-state index in [0.717, 1.165) is 46.8 Å². The summed E-state index contributed by atoms with van der Waals surface area (Å²) in [6, 6.07) is 11.0. The van der Waals surface area contributed by atoms with E-state index in [1.54, 1.807) is 17.6 Å². The molecule has 0 spiro atoms. The molecule has 1 aliphatic heterocycles. The minimum atomic E-state index is -0.584. The van der Waals surface area contributed by atoms with Gasteiger partial charge in [-0.15, -0.1) is 11.3 Å². The molecule has 2 amide bonds. The smallest absolute Gasteiger partial charge is 0.340 e. The number of carbonyl (C=O) groups excluding carboxylic acids is 2. The van der Waals surface area contributed by atoms with Crippen LogP contribution in [0, 0.1) is 0 Å². The third kappa shape index (κ3) is 6.38. The van der Waals surface area contributed by atoms with Crippen LogP contribution in [-0.2, 0) is 11.3 Å². The Hall–Kier alpha value is -3.76. The zero-order valence-corrected chi connectivity index (χ0v) is 22.7. The molecule has 38 heavy (non-hydrogen) atoms. The Balaban J connectivity index is 1.24. The number of anilines is 2. The normalized spacial score (nSPS) is 14.4. The lowest BCUT2D eigenvalue weighted by Crippen LogP contribution is -2.29. The molecule has 1 aromatic carbocycles. The molecule has 0 saturated carbocycles. The Morgan fingerprint density at radius 1 is 1.05 bits per heavy atom. The van der Waals surface area contributed by atoms with E-state index in [9.17, 15) is 9.59 Å². The van der Waals surface area contributed by atoms with Crippen molar-refractivity contribution in [3.05, 3.63) is 59.2 Å². The molecule has 3 aromatic heterocycles. The van der Waals surface area contributed by atoms with Crippen LogP contribution in [0.1, 0.15) is 56.1 Å². The van der Waals surface area contributed by atoms with Crippen molar-refractivity contribution in [3.63, 3.8) is 0 Å². The van der Waals surface area contributed by atoms with Gasteiger partial charge in [-0.05, 0) is 77.0 Å². The number of benzene rings is 1. The molecule has 0 aliphatic carbocycles. The third-order valence-corrected chi connectivity index (χ3v) is 7.07. The second-order valence-corrected chi connectivity index (χ2v) is 11.3. The van der Waals surface area contributed by atoms with Crippen molar-refractivity contribution in [1.29, 1.82) is 0 Å². The molecule has 0 bridgehead atoms. The van der Waals surface area contributed by atoms with Gasteiger partial charge in [-0.2, -0.15) is 0 Å². The van der Waals surface area contributed by atoms with Crippen molar-refractivity contribution in [2.45, 2.75) is 52.2 Å². The average molecular weight is 533 g/mol. The molecule has 3 N–H and O–H groups in total. The fourth-order valence-corrected chi connectivity index (χ4v) is 5.22. The number of carbonyl (C=O) groups is 2. The highest BCUT2D eigenvalue weighted by molar-refractivity contribution is 7.13. The quantitative estimate of drug-likeness (QED) is 0.252. The molecule has 1 saturated heterocycles. The van der Waals surface area contributed by atoms with E-state index < -0.39 is 11.6 Å². The predicted octanol–water partition coefficient (Wildman–Crippen LogP) is 6.27. The number of likely N-dealkylation sites (tertiary alicyclic amines) is 1. The van der Waals surface area contributed by atoms with E-state index in [0.29, 0.717) is 17.2 Å². The van der Waals surface area contributed by atoms with Crippen LogP contribution in [0.4, 0.5) is 16.4 Å². The van der Waals surface area contributed by atoms with Gasteiger partial charge in [0.1, 0.15) is 22.2 Å². The van der Waals surface area contributed by atoms with Gasteiger partial charge in [0.05, 0.1) is 11.3 Å². The maximum absolute atomic E-state index is 12.7. The summed E-state index contributed by atoms with van der Waals surface area (Å²) in [7, 11) is 0. The number of nitrogens with zero attached hydrogens (tertiary/aromatic N) is 3. The monoisotopic (exact) mass is 532 g/mol. The molecule has 1 fully saturated rings. The van der Waals surface area contributed by atoms with E-state index in [1.807, 2.05) is 51.1 Å². The molecule has 9 nitrogen and oxygen atoms in total. The number of rotatable bonds is 6. The second-order valence-electron chi connectivity index (χ2n) is 10.4. The fourth-order valence-electron chi connectivity index (χ4n) is 4.47. The highest BCUT2D eigenvalue weighted by Crippen LogP contribution is 2.30. The van der Waals surface area contributed by atoms with Crippen molar-refractivity contribution in [3.8, 4) is 10.6 Å². The molecule has 0 unspecified atom stereocenters. The lowest BCUT2D eigenvalue weighted by atomic mass is 10.1. The van der Waals surface area contributed by atoms with Gasteiger partial charge in [0.25, 0.3) is 0 Å². The maximum Gasteiger partial charge on any atom is 0.340 e. The van der Waals surface area contributed by atoms with Gasteiger partial charge in [-0.3, -0.25) is 15.5 Å². The third-order valence-electron chi connectivity index (χ3n) is 6.18. The number of amides is 2. The lowest BCUT2D eigenvalue weighted by molar-refractivity contribution is 0.00718. The summed E-state index contributed by atoms with van der Waals surface area (Å²) < 4.78 is 5.54. The lowest BCUT2D eigenvalue weighted by Gasteiger charge is -2.26. The minimum Gasteiger partial charge on any atom is -0.456 e. The van der Waals surface area contributed by atoms with Crippen molar-refractivity contribution in [1.82, 2.24) is 19.9 Å². The van der Waals surface area contributed by atoms with Crippen LogP contribution in [0.2, 0.25) is 0 Å². The summed E-state index contributed by atoms with van der Waals surface area (Å²) >= 11 is 1.41. The molecule has 5 rings (SSSR count). The molecule has 4 aromatic rings. The van der Waals surface area contributed by atoms with Crippen LogP contribution in [0.5, 0.6) is 0 Å². The first kappa shape index (κ1) is 25.9. The summed E-state index contributed by atoms with van der Waals surface area (Å²) in [5.41, 5.74) is 2.50. The molecule has 1 aliphatic rings. The molecule has 10 heteroatoms. The van der Waals surface area contributed by atoms with E-state index in [1.165, 1.54) is 30.6 Å². The van der Waals surface area contributed by atoms with Gasteiger partial charge in [0.2, 0.25) is 0 Å². The number of thiazole rings is 1. The van der Waals surface area contributed by atoms with Crippen LogP contribution >= 0.6 is 11.3 Å². The standard InChI is InChI=1S/C28H32N6O3S/c1-28(2,3)37-26(35)21-15-29-22-11-10-18(14-20(21)22)25-31-24(17-38-25)33-27(36)32-23-9-7-8-19(30-23)16-34-12-5-4-6-13-34/h7-11,14-15,17,29H,4-6,12-13,16H2,1-3H3,(H2,30,32,33,36). The van der Waals surface area contributed by atoms with Crippen LogP contribution in [-0.4, -0.2) is 50.5 Å². The summed E-state index contributed by atoms with van der Waals surface area (Å²) in [6.45, 7) is 8.49. The largest absolute Gasteiger partial charge is 0.456 e. The van der Waals surface area contributed by atoms with E-state index in [-0.39, 0.29) is 5.97 Å². The van der Waals surface area contributed by atoms with Gasteiger partial charge < -0.3 is 9.72 Å². The van der Waals surface area contributed by atoms with Crippen molar-refractivity contribution in [2.75, 3.05) is 23.7 Å². The van der Waals surface area contributed by atoms with Gasteiger partial charge in [0, 0.05) is 34.6 Å². The first-order chi connectivity index (χ1) is 18.2. The van der Waals surface area contributed by atoms with E-state index in [2.05, 4.69) is 30.5 Å². The number of urea groups is 1. The summed E-state index contributed by atoms with van der Waals surface area (Å²) in [4.78, 5) is 40.0. The zero-order valence-electron chi connectivity index (χ0n) is 21.8. The van der Waals surface area contributed by atoms with Gasteiger partial charge in [0.15, 0.2) is 0 Å². The number of ether oxygens (including phenoxy) is 1. The number of aromatic nitrogens is 3. The Morgan fingerprint density at radius 2 is 1.84 bits per heavy atom.